The largest absolute Gasteiger partial charge is 0.519 e. The molecule has 0 saturated carbocycles. The number of phenolic OH excluding ortho intramolecular Hbond substituents is 1. The van der Waals surface area contributed by atoms with Crippen LogP contribution in [0.5, 0.6) is 17.2 Å². The zero-order chi connectivity index (χ0) is 11.9. The fourth-order valence-electron chi connectivity index (χ4n) is 1.33. The van der Waals surface area contributed by atoms with E-state index in [2.05, 4.69) is 9.47 Å². The van der Waals surface area contributed by atoms with Gasteiger partial charge in [-0.1, -0.05) is 22.6 Å². The van der Waals surface area contributed by atoms with Gasteiger partial charge in [-0.15, -0.1) is 0 Å². The molecule has 1 N–H and O–H groups in total. The van der Waals surface area contributed by atoms with Crippen molar-refractivity contribution in [2.75, 3.05) is 0 Å². The van der Waals surface area contributed by atoms with Gasteiger partial charge in [0.2, 0.25) is 11.5 Å². The predicted octanol–water partition coefficient (Wildman–Crippen LogP) is 2.13. The summed E-state index contributed by atoms with van der Waals surface area (Å²) in [6.07, 6.45) is -1.04. The quantitative estimate of drug-likeness (QED) is 0.222. The van der Waals surface area contributed by atoms with Gasteiger partial charge in [-0.3, -0.25) is 10.1 Å². The molecule has 16 heavy (non-hydrogen) atoms. The van der Waals surface area contributed by atoms with Crippen molar-refractivity contribution < 1.29 is 24.3 Å². The monoisotopic (exact) mass is 337 g/mol. The highest BCUT2D eigenvalue weighted by molar-refractivity contribution is 14.1. The first-order valence-corrected chi connectivity index (χ1v) is 5.56. The van der Waals surface area contributed by atoms with Crippen molar-refractivity contribution in [3.63, 3.8) is 0 Å². The first-order valence-electron chi connectivity index (χ1n) is 4.03. The zero-order valence-corrected chi connectivity index (χ0v) is 9.76. The van der Waals surface area contributed by atoms with Crippen LogP contribution in [0, 0.1) is 10.1 Å². The Balaban J connectivity index is 2.75. The lowest BCUT2D eigenvalue weighted by atomic mass is 10.1. The summed E-state index contributed by atoms with van der Waals surface area (Å²) in [5, 5.41) is 20.3. The minimum Gasteiger partial charge on any atom is -0.507 e. The Kier molecular flexibility index (Phi) is 2.58. The third-order valence-corrected chi connectivity index (χ3v) is 2.76. The highest BCUT2D eigenvalue weighted by Crippen LogP contribution is 2.47. The second-order valence-electron chi connectivity index (χ2n) is 2.89. The number of hydrogen-bond donors (Lipinski definition) is 1. The summed E-state index contributed by atoms with van der Waals surface area (Å²) >= 11 is 1.90. The minimum absolute atomic E-state index is 0.197. The van der Waals surface area contributed by atoms with Crippen LogP contribution >= 0.6 is 22.6 Å². The maximum atomic E-state index is 11.0. The molecule has 0 unspecified atom stereocenters. The lowest BCUT2D eigenvalue weighted by molar-refractivity contribution is -0.387. The summed E-state index contributed by atoms with van der Waals surface area (Å²) in [5.74, 6) is -0.745. The Morgan fingerprint density at radius 2 is 2.19 bits per heavy atom. The van der Waals surface area contributed by atoms with Gasteiger partial charge in [0.25, 0.3) is 0 Å². The molecule has 1 aromatic rings. The van der Waals surface area contributed by atoms with E-state index in [1.54, 1.807) is 0 Å². The Morgan fingerprint density at radius 3 is 2.75 bits per heavy atom. The Bertz CT molecular complexity index is 500. The first-order chi connectivity index (χ1) is 7.54. The number of carbonyl (C=O) groups is 1. The van der Waals surface area contributed by atoms with Crippen molar-refractivity contribution in [1.82, 2.24) is 0 Å². The standard InChI is InChI=1S/C8H4INO6/c9-2-3-4(11)1-5-6(10(13)14)7(3)16-8(12)15-5/h1,11H,2H2. The molecule has 1 aliphatic rings. The van der Waals surface area contributed by atoms with Crippen LogP contribution in [-0.4, -0.2) is 16.2 Å². The van der Waals surface area contributed by atoms with Crippen LogP contribution < -0.4 is 9.47 Å². The van der Waals surface area contributed by atoms with E-state index in [0.717, 1.165) is 6.07 Å². The average molecular weight is 337 g/mol. The number of benzene rings is 1. The van der Waals surface area contributed by atoms with Gasteiger partial charge in [-0.25, -0.2) is 4.79 Å². The van der Waals surface area contributed by atoms with E-state index >= 15 is 0 Å². The Labute approximate surface area is 102 Å². The predicted molar refractivity (Wildman–Crippen MR) is 59.1 cm³/mol. The number of phenols is 1. The smallest absolute Gasteiger partial charge is 0.507 e. The van der Waals surface area contributed by atoms with E-state index in [1.807, 2.05) is 22.6 Å². The second-order valence-corrected chi connectivity index (χ2v) is 3.66. The number of ether oxygens (including phenoxy) is 2. The molecule has 2 rings (SSSR count). The van der Waals surface area contributed by atoms with E-state index in [1.165, 1.54) is 0 Å². The maximum absolute atomic E-state index is 11.0. The fraction of sp³-hybridized carbons (Fsp3) is 0.125. The molecular formula is C8H4INO6. The van der Waals surface area contributed by atoms with Crippen molar-refractivity contribution in [1.29, 1.82) is 0 Å². The van der Waals surface area contributed by atoms with Gasteiger partial charge in [-0.05, 0) is 0 Å². The SMILES string of the molecule is O=C1Oc2cc(O)c(CI)c(c2[N+](=O)[O-])O1. The van der Waals surface area contributed by atoms with E-state index in [0.29, 0.717) is 0 Å². The van der Waals surface area contributed by atoms with Crippen LogP contribution in [0.2, 0.25) is 0 Å². The summed E-state index contributed by atoms with van der Waals surface area (Å²) in [6.45, 7) is 0. The normalized spacial score (nSPS) is 12.9. The van der Waals surface area contributed by atoms with Crippen LogP contribution in [0.1, 0.15) is 5.56 Å². The van der Waals surface area contributed by atoms with Gasteiger partial charge in [-0.2, -0.15) is 0 Å². The molecule has 0 radical (unpaired) electrons. The Hall–Kier alpha value is -1.58. The van der Waals surface area contributed by atoms with Gasteiger partial charge >= 0.3 is 11.8 Å². The number of hydrogen-bond acceptors (Lipinski definition) is 6. The van der Waals surface area contributed by atoms with Crippen molar-refractivity contribution in [3.8, 4) is 17.2 Å². The number of aromatic hydroxyl groups is 1. The summed E-state index contributed by atoms with van der Waals surface area (Å²) < 4.78 is 9.39. The van der Waals surface area contributed by atoms with E-state index in [-0.39, 0.29) is 27.2 Å². The third-order valence-electron chi connectivity index (χ3n) is 1.99. The average Bonchev–Trinajstić information content (AvgIpc) is 2.15. The summed E-state index contributed by atoms with van der Waals surface area (Å²) in [7, 11) is 0. The number of nitrogens with zero attached hydrogens (tertiary/aromatic N) is 1. The molecule has 0 aromatic heterocycles. The molecule has 8 heteroatoms. The van der Waals surface area contributed by atoms with E-state index in [4.69, 9.17) is 0 Å². The molecule has 0 spiro atoms. The van der Waals surface area contributed by atoms with Crippen LogP contribution in [0.3, 0.4) is 0 Å². The van der Waals surface area contributed by atoms with Crippen LogP contribution in [0.4, 0.5) is 10.5 Å². The Morgan fingerprint density at radius 1 is 1.50 bits per heavy atom. The van der Waals surface area contributed by atoms with Crippen molar-refractivity contribution >= 4 is 34.4 Å². The number of halogens is 1. The van der Waals surface area contributed by atoms with Crippen molar-refractivity contribution in [2.24, 2.45) is 0 Å². The molecule has 2 bridgehead atoms. The number of rotatable bonds is 2. The molecule has 1 aromatic carbocycles. The van der Waals surface area contributed by atoms with Crippen LogP contribution in [0.25, 0.3) is 0 Å². The first kappa shape index (κ1) is 10.9. The highest BCUT2D eigenvalue weighted by atomic mass is 127. The molecule has 0 fully saturated rings. The van der Waals surface area contributed by atoms with E-state index in [9.17, 15) is 20.0 Å². The molecular weight excluding hydrogens is 333 g/mol. The van der Waals surface area contributed by atoms with Crippen LogP contribution in [-0.2, 0) is 4.43 Å². The second kappa shape index (κ2) is 3.77. The fourth-order valence-corrected chi connectivity index (χ4v) is 2.07. The van der Waals surface area contributed by atoms with Gasteiger partial charge in [0.05, 0.1) is 10.5 Å². The molecule has 7 nitrogen and oxygen atoms in total. The molecule has 0 atom stereocenters. The molecule has 0 aliphatic carbocycles. The molecule has 0 saturated heterocycles. The number of fused-ring (bicyclic) bond motifs is 2. The number of nitro benzene ring substituents is 1. The third kappa shape index (κ3) is 1.54. The molecule has 1 aliphatic heterocycles. The summed E-state index contributed by atoms with van der Waals surface area (Å²) in [4.78, 5) is 21.0. The minimum atomic E-state index is -1.04. The topological polar surface area (TPSA) is 98.9 Å². The van der Waals surface area contributed by atoms with Gasteiger partial charge < -0.3 is 14.6 Å². The summed E-state index contributed by atoms with van der Waals surface area (Å²) in [5.41, 5.74) is -0.239. The lowest BCUT2D eigenvalue weighted by Gasteiger charge is -2.17. The van der Waals surface area contributed by atoms with Crippen molar-refractivity contribution in [2.45, 2.75) is 4.43 Å². The molecule has 0 amide bonds. The van der Waals surface area contributed by atoms with Crippen molar-refractivity contribution in [3.05, 3.63) is 21.7 Å². The van der Waals surface area contributed by atoms with Gasteiger partial charge in [0, 0.05) is 10.5 Å². The van der Waals surface area contributed by atoms with E-state index < -0.39 is 16.8 Å². The number of nitro groups is 1. The van der Waals surface area contributed by atoms with Gasteiger partial charge in [0.1, 0.15) is 5.75 Å². The highest BCUT2D eigenvalue weighted by Gasteiger charge is 2.36. The molecule has 1 heterocycles. The maximum Gasteiger partial charge on any atom is 0.519 e. The number of carbonyl (C=O) groups excluding carboxylic acids is 1. The zero-order valence-electron chi connectivity index (χ0n) is 7.60. The number of alkyl halides is 1. The lowest BCUT2D eigenvalue weighted by Crippen LogP contribution is -2.21. The molecule has 84 valence electrons. The van der Waals surface area contributed by atoms with Crippen LogP contribution in [0.15, 0.2) is 6.07 Å². The van der Waals surface area contributed by atoms with Gasteiger partial charge in [0.15, 0.2) is 0 Å². The summed E-state index contributed by atoms with van der Waals surface area (Å²) in [6, 6.07) is 1.04.